The van der Waals surface area contributed by atoms with E-state index in [4.69, 9.17) is 5.73 Å². The van der Waals surface area contributed by atoms with Gasteiger partial charge in [-0.1, -0.05) is 6.07 Å². The summed E-state index contributed by atoms with van der Waals surface area (Å²) in [5.74, 6) is -1.30. The molecule has 18 heavy (non-hydrogen) atoms. The first-order valence-electron chi connectivity index (χ1n) is 4.80. The summed E-state index contributed by atoms with van der Waals surface area (Å²) in [6.07, 6.45) is -4.75. The molecule has 1 aromatic carbocycles. The number of alkyl halides is 3. The fourth-order valence-corrected chi connectivity index (χ4v) is 1.67. The van der Waals surface area contributed by atoms with Crippen LogP contribution in [-0.2, 0) is 6.18 Å². The highest BCUT2D eigenvalue weighted by Crippen LogP contribution is 2.35. The number of benzene rings is 1. The van der Waals surface area contributed by atoms with Gasteiger partial charge in [0, 0.05) is 0 Å². The molecular formula is C10H7F4N3O. The Labute approximate surface area is 98.5 Å². The number of nitrogens with one attached hydrogen (secondary N) is 1. The maximum Gasteiger partial charge on any atom is 0.416 e. The number of amides is 2. The van der Waals surface area contributed by atoms with Crippen LogP contribution in [0.4, 0.5) is 22.4 Å². The molecule has 1 atom stereocenters. The molecule has 4 nitrogen and oxygen atoms in total. The van der Waals surface area contributed by atoms with Gasteiger partial charge in [0.05, 0.1) is 5.56 Å². The van der Waals surface area contributed by atoms with Crippen molar-refractivity contribution in [3.8, 4) is 0 Å². The van der Waals surface area contributed by atoms with E-state index in [2.05, 4.69) is 10.3 Å². The lowest BCUT2D eigenvalue weighted by Crippen LogP contribution is -2.30. The fraction of sp³-hybridized carbons (Fsp3) is 0.200. The monoisotopic (exact) mass is 261 g/mol. The number of nitrogens with two attached hydrogens (primary N) is 1. The molecule has 0 fully saturated rings. The van der Waals surface area contributed by atoms with Gasteiger partial charge in [-0.25, -0.2) is 9.18 Å². The molecule has 2 rings (SSSR count). The zero-order valence-corrected chi connectivity index (χ0v) is 8.75. The maximum atomic E-state index is 12.9. The SMILES string of the molecule is NC1=NC(=O)NC1c1ccc(F)cc1C(F)(F)F. The van der Waals surface area contributed by atoms with Gasteiger partial charge in [-0.2, -0.15) is 18.2 Å². The highest BCUT2D eigenvalue weighted by Gasteiger charge is 2.38. The smallest absolute Gasteiger partial charge is 0.385 e. The third-order valence-corrected chi connectivity index (χ3v) is 2.43. The number of carbonyl (C=O) groups is 1. The second-order valence-electron chi connectivity index (χ2n) is 3.65. The lowest BCUT2D eigenvalue weighted by Gasteiger charge is -2.17. The van der Waals surface area contributed by atoms with E-state index in [0.717, 1.165) is 12.1 Å². The van der Waals surface area contributed by atoms with E-state index in [9.17, 15) is 22.4 Å². The van der Waals surface area contributed by atoms with Crippen molar-refractivity contribution in [2.75, 3.05) is 0 Å². The topological polar surface area (TPSA) is 67.5 Å². The fourth-order valence-electron chi connectivity index (χ4n) is 1.67. The Morgan fingerprint density at radius 2 is 2.00 bits per heavy atom. The second-order valence-corrected chi connectivity index (χ2v) is 3.65. The van der Waals surface area contributed by atoms with Gasteiger partial charge in [0.25, 0.3) is 0 Å². The van der Waals surface area contributed by atoms with Crippen LogP contribution in [-0.4, -0.2) is 11.9 Å². The molecule has 1 aliphatic heterocycles. The summed E-state index contributed by atoms with van der Waals surface area (Å²) in [5.41, 5.74) is 3.83. The average molecular weight is 261 g/mol. The van der Waals surface area contributed by atoms with Gasteiger partial charge in [-0.05, 0) is 17.7 Å². The number of rotatable bonds is 1. The molecule has 1 heterocycles. The summed E-state index contributed by atoms with van der Waals surface area (Å²) in [5, 5.41) is 2.16. The minimum Gasteiger partial charge on any atom is -0.385 e. The number of amidine groups is 1. The number of hydrogen-bond donors (Lipinski definition) is 2. The number of carbonyl (C=O) groups excluding carboxylic acids is 1. The molecule has 1 aromatic rings. The van der Waals surface area contributed by atoms with Crippen LogP contribution in [0.2, 0.25) is 0 Å². The van der Waals surface area contributed by atoms with Crippen LogP contribution in [0.1, 0.15) is 17.2 Å². The molecule has 2 amide bonds. The van der Waals surface area contributed by atoms with Crippen molar-refractivity contribution in [3.63, 3.8) is 0 Å². The van der Waals surface area contributed by atoms with Crippen LogP contribution in [0.5, 0.6) is 0 Å². The minimum atomic E-state index is -4.75. The van der Waals surface area contributed by atoms with Crippen molar-refractivity contribution in [2.24, 2.45) is 10.7 Å². The molecule has 0 bridgehead atoms. The Bertz CT molecular complexity index is 538. The molecule has 0 aliphatic carbocycles. The summed E-state index contributed by atoms with van der Waals surface area (Å²) in [7, 11) is 0. The van der Waals surface area contributed by atoms with Crippen molar-refractivity contribution in [1.82, 2.24) is 5.32 Å². The predicted molar refractivity (Wildman–Crippen MR) is 54.3 cm³/mol. The summed E-state index contributed by atoms with van der Waals surface area (Å²) < 4.78 is 51.1. The molecule has 1 aliphatic rings. The number of halogens is 4. The summed E-state index contributed by atoms with van der Waals surface area (Å²) in [6.45, 7) is 0. The van der Waals surface area contributed by atoms with Gasteiger partial charge in [0.2, 0.25) is 0 Å². The highest BCUT2D eigenvalue weighted by atomic mass is 19.4. The first-order chi connectivity index (χ1) is 8.29. The van der Waals surface area contributed by atoms with E-state index >= 15 is 0 Å². The third kappa shape index (κ3) is 2.13. The Morgan fingerprint density at radius 3 is 2.50 bits per heavy atom. The van der Waals surface area contributed by atoms with Crippen molar-refractivity contribution >= 4 is 11.9 Å². The van der Waals surface area contributed by atoms with Crippen LogP contribution in [0, 0.1) is 5.82 Å². The highest BCUT2D eigenvalue weighted by molar-refractivity contribution is 6.03. The molecule has 0 radical (unpaired) electrons. The number of hydrogen-bond acceptors (Lipinski definition) is 2. The largest absolute Gasteiger partial charge is 0.416 e. The van der Waals surface area contributed by atoms with Crippen LogP contribution < -0.4 is 11.1 Å². The molecular weight excluding hydrogens is 254 g/mol. The normalized spacial score (nSPS) is 19.7. The quantitative estimate of drug-likeness (QED) is 0.759. The Hall–Kier alpha value is -2.12. The van der Waals surface area contributed by atoms with Gasteiger partial charge < -0.3 is 11.1 Å². The molecule has 3 N–H and O–H groups in total. The van der Waals surface area contributed by atoms with E-state index in [0.29, 0.717) is 6.07 Å². The van der Waals surface area contributed by atoms with E-state index in [1.165, 1.54) is 0 Å². The van der Waals surface area contributed by atoms with Crippen molar-refractivity contribution < 1.29 is 22.4 Å². The van der Waals surface area contributed by atoms with Gasteiger partial charge in [0.1, 0.15) is 17.7 Å². The second kappa shape index (κ2) is 3.97. The molecule has 8 heteroatoms. The molecule has 0 aromatic heterocycles. The molecule has 0 saturated heterocycles. The third-order valence-electron chi connectivity index (χ3n) is 2.43. The maximum absolute atomic E-state index is 12.9. The first kappa shape index (κ1) is 12.3. The Balaban J connectivity index is 2.52. The van der Waals surface area contributed by atoms with Gasteiger partial charge in [-0.3, -0.25) is 0 Å². The Morgan fingerprint density at radius 1 is 1.33 bits per heavy atom. The molecule has 0 spiro atoms. The predicted octanol–water partition coefficient (Wildman–Crippen LogP) is 1.97. The lowest BCUT2D eigenvalue weighted by atomic mass is 9.99. The van der Waals surface area contributed by atoms with Crippen molar-refractivity contribution in [3.05, 3.63) is 35.1 Å². The molecule has 0 saturated carbocycles. The molecule has 1 unspecified atom stereocenters. The number of nitrogens with zero attached hydrogens (tertiary/aromatic N) is 1. The van der Waals surface area contributed by atoms with Crippen LogP contribution in [0.15, 0.2) is 23.2 Å². The number of aliphatic imine (C=N–C) groups is 1. The average Bonchev–Trinajstić information content (AvgIpc) is 2.56. The standard InChI is InChI=1S/C10H7F4N3O/c11-4-1-2-5(6(3-4)10(12,13)14)7-8(15)17-9(18)16-7/h1-3,7H,(H3,15,16,17,18). The zero-order valence-electron chi connectivity index (χ0n) is 8.75. The summed E-state index contributed by atoms with van der Waals surface area (Å²) in [6, 6.07) is 0.136. The first-order valence-corrected chi connectivity index (χ1v) is 4.80. The molecule has 96 valence electrons. The van der Waals surface area contributed by atoms with Gasteiger partial charge in [-0.15, -0.1) is 0 Å². The zero-order chi connectivity index (χ0) is 13.5. The summed E-state index contributed by atoms with van der Waals surface area (Å²) >= 11 is 0. The van der Waals surface area contributed by atoms with E-state index in [1.54, 1.807) is 0 Å². The van der Waals surface area contributed by atoms with E-state index in [1.807, 2.05) is 0 Å². The van der Waals surface area contributed by atoms with Crippen LogP contribution in [0.3, 0.4) is 0 Å². The van der Waals surface area contributed by atoms with Gasteiger partial charge >= 0.3 is 12.2 Å². The lowest BCUT2D eigenvalue weighted by molar-refractivity contribution is -0.138. The van der Waals surface area contributed by atoms with Crippen molar-refractivity contribution in [1.29, 1.82) is 0 Å². The van der Waals surface area contributed by atoms with Crippen LogP contribution in [0.25, 0.3) is 0 Å². The van der Waals surface area contributed by atoms with Crippen LogP contribution >= 0.6 is 0 Å². The Kier molecular flexibility index (Phi) is 2.72. The van der Waals surface area contributed by atoms with Crippen molar-refractivity contribution in [2.45, 2.75) is 12.2 Å². The minimum absolute atomic E-state index is 0.280. The summed E-state index contributed by atoms with van der Waals surface area (Å²) in [4.78, 5) is 14.2. The number of urea groups is 1. The van der Waals surface area contributed by atoms with Gasteiger partial charge in [0.15, 0.2) is 0 Å². The van der Waals surface area contributed by atoms with E-state index in [-0.39, 0.29) is 11.4 Å². The van der Waals surface area contributed by atoms with E-state index < -0.39 is 29.6 Å².